The van der Waals surface area contributed by atoms with E-state index < -0.39 is 5.91 Å². The average molecular weight is 373 g/mol. The minimum absolute atomic E-state index is 0.0594. The standard InChI is InChI=1S/C19H14Cl2N2O2/c1-2-9-25-16-6-3-13(4-7-16)10-14(12-22)19(24)23-18-11-15(20)5-8-17(18)21/h2-8,10-11H,1,9H2,(H,23,24)/b14-10+. The Morgan fingerprint density at radius 3 is 2.60 bits per heavy atom. The van der Waals surface area contributed by atoms with Gasteiger partial charge < -0.3 is 10.1 Å². The zero-order valence-corrected chi connectivity index (χ0v) is 14.6. The molecule has 0 heterocycles. The van der Waals surface area contributed by atoms with Crippen LogP contribution >= 0.6 is 23.2 Å². The van der Waals surface area contributed by atoms with Crippen molar-refractivity contribution in [2.75, 3.05) is 11.9 Å². The number of ether oxygens (including phenoxy) is 1. The van der Waals surface area contributed by atoms with E-state index in [1.165, 1.54) is 12.1 Å². The molecular formula is C19H14Cl2N2O2. The molecule has 126 valence electrons. The third kappa shape index (κ3) is 5.39. The molecule has 0 saturated heterocycles. The van der Waals surface area contributed by atoms with Gasteiger partial charge in [0.05, 0.1) is 10.7 Å². The molecule has 0 saturated carbocycles. The van der Waals surface area contributed by atoms with E-state index in [1.807, 2.05) is 6.07 Å². The van der Waals surface area contributed by atoms with Gasteiger partial charge in [-0.3, -0.25) is 4.79 Å². The summed E-state index contributed by atoms with van der Waals surface area (Å²) < 4.78 is 5.38. The molecule has 2 aromatic carbocycles. The van der Waals surface area contributed by atoms with Gasteiger partial charge in [0.1, 0.15) is 24.0 Å². The van der Waals surface area contributed by atoms with Crippen LogP contribution in [0.3, 0.4) is 0 Å². The number of amides is 1. The Hall–Kier alpha value is -2.74. The van der Waals surface area contributed by atoms with E-state index in [-0.39, 0.29) is 5.57 Å². The molecule has 25 heavy (non-hydrogen) atoms. The second-order valence-corrected chi connectivity index (χ2v) is 5.76. The summed E-state index contributed by atoms with van der Waals surface area (Å²) in [5.41, 5.74) is 0.971. The summed E-state index contributed by atoms with van der Waals surface area (Å²) >= 11 is 11.9. The fourth-order valence-electron chi connectivity index (χ4n) is 1.91. The van der Waals surface area contributed by atoms with Crippen molar-refractivity contribution in [1.29, 1.82) is 5.26 Å². The van der Waals surface area contributed by atoms with E-state index in [1.54, 1.807) is 42.5 Å². The number of anilines is 1. The summed E-state index contributed by atoms with van der Waals surface area (Å²) in [6.45, 7) is 3.98. The molecular weight excluding hydrogens is 359 g/mol. The summed E-state index contributed by atoms with van der Waals surface area (Å²) in [5.74, 6) is 0.101. The molecule has 1 N–H and O–H groups in total. The molecule has 0 spiro atoms. The lowest BCUT2D eigenvalue weighted by Crippen LogP contribution is -2.13. The van der Waals surface area contributed by atoms with Crippen LogP contribution in [0.15, 0.2) is 60.7 Å². The summed E-state index contributed by atoms with van der Waals surface area (Å²) in [6.07, 6.45) is 3.12. The topological polar surface area (TPSA) is 62.1 Å². The number of nitrogens with zero attached hydrogens (tertiary/aromatic N) is 1. The first kappa shape index (κ1) is 18.6. The zero-order valence-electron chi connectivity index (χ0n) is 13.1. The van der Waals surface area contributed by atoms with Crippen molar-refractivity contribution in [2.45, 2.75) is 0 Å². The third-order valence-electron chi connectivity index (χ3n) is 3.10. The monoisotopic (exact) mass is 372 g/mol. The number of carbonyl (C=O) groups is 1. The molecule has 0 unspecified atom stereocenters. The van der Waals surface area contributed by atoms with Gasteiger partial charge >= 0.3 is 0 Å². The smallest absolute Gasteiger partial charge is 0.266 e. The molecule has 0 aliphatic rings. The van der Waals surface area contributed by atoms with Gasteiger partial charge in [-0.1, -0.05) is 48.0 Å². The maximum atomic E-state index is 12.3. The highest BCUT2D eigenvalue weighted by Crippen LogP contribution is 2.26. The van der Waals surface area contributed by atoms with Crippen LogP contribution in [-0.4, -0.2) is 12.5 Å². The predicted octanol–water partition coefficient (Wildman–Crippen LogP) is 5.10. The molecule has 1 amide bonds. The van der Waals surface area contributed by atoms with Gasteiger partial charge in [-0.25, -0.2) is 0 Å². The number of benzene rings is 2. The van der Waals surface area contributed by atoms with Crippen molar-refractivity contribution in [3.05, 3.63) is 76.3 Å². The predicted molar refractivity (Wildman–Crippen MR) is 101 cm³/mol. The Balaban J connectivity index is 2.16. The van der Waals surface area contributed by atoms with Crippen molar-refractivity contribution < 1.29 is 9.53 Å². The molecule has 0 aliphatic heterocycles. The van der Waals surface area contributed by atoms with Crippen molar-refractivity contribution in [2.24, 2.45) is 0 Å². The molecule has 0 fully saturated rings. The molecule has 0 aromatic heterocycles. The van der Waals surface area contributed by atoms with E-state index >= 15 is 0 Å². The van der Waals surface area contributed by atoms with E-state index in [9.17, 15) is 10.1 Å². The Labute approximate surface area is 155 Å². The minimum Gasteiger partial charge on any atom is -0.490 e. The third-order valence-corrected chi connectivity index (χ3v) is 3.67. The second-order valence-electron chi connectivity index (χ2n) is 4.92. The normalized spacial score (nSPS) is 10.7. The lowest BCUT2D eigenvalue weighted by atomic mass is 10.1. The first-order valence-electron chi connectivity index (χ1n) is 7.25. The van der Waals surface area contributed by atoms with E-state index in [2.05, 4.69) is 11.9 Å². The highest BCUT2D eigenvalue weighted by molar-refractivity contribution is 6.36. The molecule has 2 rings (SSSR count). The molecule has 4 nitrogen and oxygen atoms in total. The van der Waals surface area contributed by atoms with Crippen LogP contribution in [0.25, 0.3) is 6.08 Å². The van der Waals surface area contributed by atoms with Crippen LogP contribution in [0.4, 0.5) is 5.69 Å². The van der Waals surface area contributed by atoms with Crippen LogP contribution in [0.1, 0.15) is 5.56 Å². The number of rotatable bonds is 6. The number of nitrogens with one attached hydrogen (secondary N) is 1. The quantitative estimate of drug-likeness (QED) is 0.435. The first-order chi connectivity index (χ1) is 12.0. The molecule has 6 heteroatoms. The van der Waals surface area contributed by atoms with Crippen molar-refractivity contribution >= 4 is 40.9 Å². The van der Waals surface area contributed by atoms with Gasteiger partial charge in [-0.05, 0) is 42.0 Å². The Morgan fingerprint density at radius 1 is 1.24 bits per heavy atom. The fourth-order valence-corrected chi connectivity index (χ4v) is 2.25. The lowest BCUT2D eigenvalue weighted by Gasteiger charge is -2.07. The summed E-state index contributed by atoms with van der Waals surface area (Å²) in [5, 5.41) is 12.6. The van der Waals surface area contributed by atoms with Gasteiger partial charge in [-0.2, -0.15) is 5.26 Å². The number of nitriles is 1. The SMILES string of the molecule is C=CCOc1ccc(/C=C(\C#N)C(=O)Nc2cc(Cl)ccc2Cl)cc1. The molecule has 0 aliphatic carbocycles. The van der Waals surface area contributed by atoms with Crippen molar-refractivity contribution in [3.8, 4) is 11.8 Å². The summed E-state index contributed by atoms with van der Waals surface area (Å²) in [4.78, 5) is 12.3. The second kappa shape index (κ2) is 8.93. The van der Waals surface area contributed by atoms with Gasteiger partial charge in [0.15, 0.2) is 0 Å². The van der Waals surface area contributed by atoms with Crippen molar-refractivity contribution in [3.63, 3.8) is 0 Å². The first-order valence-corrected chi connectivity index (χ1v) is 8.01. The highest BCUT2D eigenvalue weighted by atomic mass is 35.5. The van der Waals surface area contributed by atoms with Crippen LogP contribution in [0, 0.1) is 11.3 Å². The zero-order chi connectivity index (χ0) is 18.2. The highest BCUT2D eigenvalue weighted by Gasteiger charge is 2.12. The van der Waals surface area contributed by atoms with Crippen LogP contribution < -0.4 is 10.1 Å². The van der Waals surface area contributed by atoms with Crippen LogP contribution in [0.5, 0.6) is 5.75 Å². The van der Waals surface area contributed by atoms with E-state index in [4.69, 9.17) is 27.9 Å². The molecule has 2 aromatic rings. The maximum Gasteiger partial charge on any atom is 0.266 e. The van der Waals surface area contributed by atoms with Gasteiger partial charge in [0.25, 0.3) is 5.91 Å². The minimum atomic E-state index is -0.571. The largest absolute Gasteiger partial charge is 0.490 e. The molecule has 0 atom stereocenters. The number of carbonyl (C=O) groups excluding carboxylic acids is 1. The Kier molecular flexibility index (Phi) is 6.64. The fraction of sp³-hybridized carbons (Fsp3) is 0.0526. The lowest BCUT2D eigenvalue weighted by molar-refractivity contribution is -0.112. The Morgan fingerprint density at radius 2 is 1.96 bits per heavy atom. The van der Waals surface area contributed by atoms with Gasteiger partial charge in [0, 0.05) is 5.02 Å². The van der Waals surface area contributed by atoms with Crippen LogP contribution in [-0.2, 0) is 4.79 Å². The molecule has 0 radical (unpaired) electrons. The number of halogens is 2. The van der Waals surface area contributed by atoms with Crippen LogP contribution in [0.2, 0.25) is 10.0 Å². The average Bonchev–Trinajstić information content (AvgIpc) is 2.61. The summed E-state index contributed by atoms with van der Waals surface area (Å²) in [7, 11) is 0. The van der Waals surface area contributed by atoms with Gasteiger partial charge in [-0.15, -0.1) is 0 Å². The van der Waals surface area contributed by atoms with Gasteiger partial charge in [0.2, 0.25) is 0 Å². The molecule has 0 bridgehead atoms. The van der Waals surface area contributed by atoms with E-state index in [0.717, 1.165) is 0 Å². The van der Waals surface area contributed by atoms with Crippen molar-refractivity contribution in [1.82, 2.24) is 0 Å². The summed E-state index contributed by atoms with van der Waals surface area (Å²) in [6, 6.07) is 13.6. The Bertz CT molecular complexity index is 853. The maximum absolute atomic E-state index is 12.3. The number of hydrogen-bond donors (Lipinski definition) is 1. The van der Waals surface area contributed by atoms with E-state index in [0.29, 0.717) is 33.7 Å². The number of hydrogen-bond acceptors (Lipinski definition) is 3.